The van der Waals surface area contributed by atoms with Crippen LogP contribution in [0.1, 0.15) is 26.3 Å². The first-order valence-electron chi connectivity index (χ1n) is 9.81. The van der Waals surface area contributed by atoms with E-state index in [0.29, 0.717) is 43.2 Å². The Bertz CT molecular complexity index is 1030. The summed E-state index contributed by atoms with van der Waals surface area (Å²) in [5.74, 6) is -0.781. The number of morpholine rings is 1. The highest BCUT2D eigenvalue weighted by molar-refractivity contribution is 7.89. The molecule has 0 aliphatic carbocycles. The first-order valence-corrected chi connectivity index (χ1v) is 11.4. The molecular weight excluding hydrogens is 422 g/mol. The molecule has 0 radical (unpaired) electrons. The van der Waals surface area contributed by atoms with Crippen LogP contribution >= 0.6 is 0 Å². The first-order chi connectivity index (χ1) is 14.9. The van der Waals surface area contributed by atoms with Crippen molar-refractivity contribution in [1.82, 2.24) is 9.62 Å². The molecule has 0 unspecified atom stereocenters. The summed E-state index contributed by atoms with van der Waals surface area (Å²) in [5.41, 5.74) is 6.72. The first kappa shape index (κ1) is 22.7. The number of carbonyl (C=O) groups excluding carboxylic acids is 2. The van der Waals surface area contributed by atoms with Crippen LogP contribution in [0, 0.1) is 0 Å². The molecule has 0 saturated carbocycles. The van der Waals surface area contributed by atoms with Crippen molar-refractivity contribution in [3.63, 3.8) is 0 Å². The molecule has 1 heterocycles. The van der Waals surface area contributed by atoms with Crippen molar-refractivity contribution in [3.8, 4) is 5.75 Å². The Morgan fingerprint density at radius 2 is 1.84 bits per heavy atom. The van der Waals surface area contributed by atoms with Gasteiger partial charge < -0.3 is 20.5 Å². The predicted molar refractivity (Wildman–Crippen MR) is 114 cm³/mol. The average molecular weight is 448 g/mol. The molecule has 0 bridgehead atoms. The largest absolute Gasteiger partial charge is 0.488 e. The number of ether oxygens (including phenoxy) is 2. The standard InChI is InChI=1S/C21H25N3O6S/c22-20(25)18-6-1-2-7-19(18)30-15-16-4-3-5-17(14-16)21(26)23-8-13-31(27,28)24-9-11-29-12-10-24/h1-7,14H,8-13,15H2,(H2,22,25)(H,23,26). The molecule has 1 fully saturated rings. The van der Waals surface area contributed by atoms with Gasteiger partial charge in [-0.25, -0.2) is 8.42 Å². The Hall–Kier alpha value is -2.95. The summed E-state index contributed by atoms with van der Waals surface area (Å²) < 4.78 is 36.9. The lowest BCUT2D eigenvalue weighted by Gasteiger charge is -2.26. The van der Waals surface area contributed by atoms with Crippen molar-refractivity contribution < 1.29 is 27.5 Å². The van der Waals surface area contributed by atoms with Gasteiger partial charge >= 0.3 is 0 Å². The summed E-state index contributed by atoms with van der Waals surface area (Å²) in [6.45, 7) is 1.56. The van der Waals surface area contributed by atoms with Crippen molar-refractivity contribution in [1.29, 1.82) is 0 Å². The number of nitrogens with zero attached hydrogens (tertiary/aromatic N) is 1. The van der Waals surface area contributed by atoms with Gasteiger partial charge in [-0.05, 0) is 29.8 Å². The second-order valence-corrected chi connectivity index (χ2v) is 9.02. The number of carbonyl (C=O) groups is 2. The topological polar surface area (TPSA) is 128 Å². The minimum atomic E-state index is -3.44. The predicted octanol–water partition coefficient (Wildman–Crippen LogP) is 0.756. The molecule has 166 valence electrons. The van der Waals surface area contributed by atoms with Gasteiger partial charge in [0, 0.05) is 25.2 Å². The van der Waals surface area contributed by atoms with E-state index in [0.717, 1.165) is 0 Å². The summed E-state index contributed by atoms with van der Waals surface area (Å²) >= 11 is 0. The van der Waals surface area contributed by atoms with Gasteiger partial charge in [0.05, 0.1) is 24.5 Å². The van der Waals surface area contributed by atoms with Crippen LogP contribution in [0.3, 0.4) is 0 Å². The molecule has 3 N–H and O–H groups in total. The smallest absolute Gasteiger partial charge is 0.252 e. The second-order valence-electron chi connectivity index (χ2n) is 6.93. The normalized spacial score (nSPS) is 14.7. The summed E-state index contributed by atoms with van der Waals surface area (Å²) in [6, 6.07) is 13.4. The van der Waals surface area contributed by atoms with Crippen LogP contribution in [0.4, 0.5) is 0 Å². The fourth-order valence-electron chi connectivity index (χ4n) is 3.11. The van der Waals surface area contributed by atoms with Crippen LogP contribution in [0.15, 0.2) is 48.5 Å². The van der Waals surface area contributed by atoms with E-state index in [1.807, 2.05) is 0 Å². The van der Waals surface area contributed by atoms with Crippen LogP contribution in [-0.2, 0) is 21.4 Å². The highest BCUT2D eigenvalue weighted by atomic mass is 32.2. The number of hydrogen-bond acceptors (Lipinski definition) is 6. The van der Waals surface area contributed by atoms with Crippen molar-refractivity contribution >= 4 is 21.8 Å². The molecule has 1 aliphatic rings. The number of sulfonamides is 1. The molecule has 2 amide bonds. The van der Waals surface area contributed by atoms with E-state index in [1.165, 1.54) is 4.31 Å². The molecule has 0 aromatic heterocycles. The molecule has 2 aromatic carbocycles. The van der Waals surface area contributed by atoms with Gasteiger partial charge in [0.2, 0.25) is 10.0 Å². The van der Waals surface area contributed by atoms with Crippen LogP contribution in [0.5, 0.6) is 5.75 Å². The van der Waals surface area contributed by atoms with Gasteiger partial charge in [-0.2, -0.15) is 4.31 Å². The number of benzene rings is 2. The van der Waals surface area contributed by atoms with E-state index >= 15 is 0 Å². The van der Waals surface area contributed by atoms with Crippen LogP contribution in [0.2, 0.25) is 0 Å². The summed E-state index contributed by atoms with van der Waals surface area (Å²) in [6.07, 6.45) is 0. The Labute approximate surface area is 181 Å². The van der Waals surface area contributed by atoms with Crippen molar-refractivity contribution in [3.05, 3.63) is 65.2 Å². The minimum absolute atomic E-state index is 0.00520. The number of amides is 2. The molecule has 10 heteroatoms. The maximum Gasteiger partial charge on any atom is 0.252 e. The number of para-hydroxylation sites is 1. The van der Waals surface area contributed by atoms with Gasteiger partial charge in [-0.15, -0.1) is 0 Å². The lowest BCUT2D eigenvalue weighted by Crippen LogP contribution is -2.43. The third kappa shape index (κ3) is 6.27. The van der Waals surface area contributed by atoms with Gasteiger partial charge in [0.1, 0.15) is 12.4 Å². The molecule has 0 spiro atoms. The SMILES string of the molecule is NC(=O)c1ccccc1OCc1cccc(C(=O)NCCS(=O)(=O)N2CCOCC2)c1. The molecule has 1 aliphatic heterocycles. The number of nitrogens with one attached hydrogen (secondary N) is 1. The Kier molecular flexibility index (Phi) is 7.61. The monoisotopic (exact) mass is 447 g/mol. The van der Waals surface area contributed by atoms with E-state index in [-0.39, 0.29) is 30.4 Å². The molecule has 3 rings (SSSR count). The summed E-state index contributed by atoms with van der Waals surface area (Å²) in [7, 11) is -3.44. The lowest BCUT2D eigenvalue weighted by atomic mass is 10.1. The van der Waals surface area contributed by atoms with E-state index in [9.17, 15) is 18.0 Å². The van der Waals surface area contributed by atoms with Crippen molar-refractivity contribution in [2.75, 3.05) is 38.6 Å². The third-order valence-electron chi connectivity index (χ3n) is 4.75. The Balaban J connectivity index is 1.55. The molecule has 0 atom stereocenters. The zero-order valence-corrected chi connectivity index (χ0v) is 17.8. The summed E-state index contributed by atoms with van der Waals surface area (Å²) in [5, 5.41) is 2.64. The quantitative estimate of drug-likeness (QED) is 0.584. The molecule has 1 saturated heterocycles. The molecular formula is C21H25N3O6S. The molecule has 2 aromatic rings. The van der Waals surface area contributed by atoms with E-state index in [2.05, 4.69) is 5.32 Å². The summed E-state index contributed by atoms with van der Waals surface area (Å²) in [4.78, 5) is 23.9. The molecule has 9 nitrogen and oxygen atoms in total. The van der Waals surface area contributed by atoms with Gasteiger partial charge in [0.25, 0.3) is 11.8 Å². The van der Waals surface area contributed by atoms with Gasteiger partial charge in [0.15, 0.2) is 0 Å². The van der Waals surface area contributed by atoms with Crippen LogP contribution in [0.25, 0.3) is 0 Å². The fraction of sp³-hybridized carbons (Fsp3) is 0.333. The molecule has 31 heavy (non-hydrogen) atoms. The number of rotatable bonds is 9. The third-order valence-corrected chi connectivity index (χ3v) is 6.62. The Morgan fingerprint density at radius 1 is 1.10 bits per heavy atom. The van der Waals surface area contributed by atoms with E-state index in [1.54, 1.807) is 48.5 Å². The lowest BCUT2D eigenvalue weighted by molar-refractivity contribution is 0.0730. The van der Waals surface area contributed by atoms with Crippen LogP contribution in [-0.4, -0.2) is 63.1 Å². The highest BCUT2D eigenvalue weighted by Gasteiger charge is 2.24. The zero-order valence-electron chi connectivity index (χ0n) is 17.0. The average Bonchev–Trinajstić information content (AvgIpc) is 2.78. The van der Waals surface area contributed by atoms with E-state index in [4.69, 9.17) is 15.2 Å². The van der Waals surface area contributed by atoms with Gasteiger partial charge in [-0.3, -0.25) is 9.59 Å². The number of primary amides is 1. The maximum atomic E-state index is 12.4. The Morgan fingerprint density at radius 3 is 2.58 bits per heavy atom. The number of nitrogens with two attached hydrogens (primary N) is 1. The maximum absolute atomic E-state index is 12.4. The van der Waals surface area contributed by atoms with Crippen molar-refractivity contribution in [2.45, 2.75) is 6.61 Å². The highest BCUT2D eigenvalue weighted by Crippen LogP contribution is 2.19. The zero-order chi connectivity index (χ0) is 22.3. The fourth-order valence-corrected chi connectivity index (χ4v) is 4.43. The van der Waals surface area contributed by atoms with E-state index < -0.39 is 15.9 Å². The second kappa shape index (κ2) is 10.4. The minimum Gasteiger partial charge on any atom is -0.488 e. The van der Waals surface area contributed by atoms with Crippen LogP contribution < -0.4 is 15.8 Å². The van der Waals surface area contributed by atoms with Gasteiger partial charge in [-0.1, -0.05) is 24.3 Å². The van der Waals surface area contributed by atoms with Crippen molar-refractivity contribution in [2.24, 2.45) is 5.73 Å². The number of hydrogen-bond donors (Lipinski definition) is 2.